The van der Waals surface area contributed by atoms with Gasteiger partial charge in [-0.3, -0.25) is 4.98 Å². The van der Waals surface area contributed by atoms with Gasteiger partial charge in [-0.15, -0.1) is 0 Å². The number of likely N-dealkylation sites (tertiary alicyclic amines) is 1. The highest BCUT2D eigenvalue weighted by atomic mass is 15.1. The van der Waals surface area contributed by atoms with E-state index in [2.05, 4.69) is 20.2 Å². The fourth-order valence-electron chi connectivity index (χ4n) is 2.59. The molecule has 19 heavy (non-hydrogen) atoms. The molecule has 0 unspecified atom stereocenters. The average Bonchev–Trinajstić information content (AvgIpc) is 2.44. The van der Waals surface area contributed by atoms with Crippen LogP contribution in [-0.2, 0) is 0 Å². The van der Waals surface area contributed by atoms with E-state index in [4.69, 9.17) is 0 Å². The van der Waals surface area contributed by atoms with E-state index in [-0.39, 0.29) is 0 Å². The Hall–Kier alpha value is -1.16. The van der Waals surface area contributed by atoms with Crippen molar-refractivity contribution in [2.75, 3.05) is 31.5 Å². The van der Waals surface area contributed by atoms with Crippen LogP contribution in [0.15, 0.2) is 12.4 Å². The predicted octanol–water partition coefficient (Wildman–Crippen LogP) is 2.85. The van der Waals surface area contributed by atoms with Gasteiger partial charge in [-0.2, -0.15) is 0 Å². The maximum Gasteiger partial charge on any atom is 0.144 e. The minimum Gasteiger partial charge on any atom is -0.369 e. The van der Waals surface area contributed by atoms with Crippen LogP contribution in [0.2, 0.25) is 0 Å². The maximum absolute atomic E-state index is 4.38. The number of piperidine rings is 1. The Kier molecular flexibility index (Phi) is 6.08. The molecular formula is C15H26N4. The lowest BCUT2D eigenvalue weighted by molar-refractivity contribution is 0.224. The van der Waals surface area contributed by atoms with E-state index in [0.717, 1.165) is 18.1 Å². The predicted molar refractivity (Wildman–Crippen MR) is 79.4 cm³/mol. The normalized spacial score (nSPS) is 16.5. The van der Waals surface area contributed by atoms with Crippen molar-refractivity contribution in [1.29, 1.82) is 0 Å². The molecule has 0 atom stereocenters. The Labute approximate surface area is 116 Å². The fraction of sp³-hybridized carbons (Fsp3) is 0.733. The van der Waals surface area contributed by atoms with Crippen LogP contribution < -0.4 is 5.32 Å². The zero-order chi connectivity index (χ0) is 13.3. The monoisotopic (exact) mass is 262 g/mol. The molecule has 0 saturated carbocycles. The lowest BCUT2D eigenvalue weighted by atomic mass is 10.1. The number of anilines is 1. The Morgan fingerprint density at radius 3 is 2.74 bits per heavy atom. The standard InChI is InChI=1S/C15H26N4/c1-14-12-16-13-15(18-14)17-8-4-2-5-9-19-10-6-3-7-11-19/h12-13H,2-11H2,1H3,(H,17,18). The van der Waals surface area contributed by atoms with Gasteiger partial charge in [0.15, 0.2) is 0 Å². The number of hydrogen-bond donors (Lipinski definition) is 1. The Bertz CT molecular complexity index is 361. The molecule has 1 saturated heterocycles. The van der Waals surface area contributed by atoms with Crippen molar-refractivity contribution in [2.24, 2.45) is 0 Å². The third-order valence-corrected chi connectivity index (χ3v) is 3.66. The van der Waals surface area contributed by atoms with Crippen LogP contribution in [0.4, 0.5) is 5.82 Å². The Morgan fingerprint density at radius 2 is 1.95 bits per heavy atom. The van der Waals surface area contributed by atoms with Crippen LogP contribution in [0.3, 0.4) is 0 Å². The molecule has 0 spiro atoms. The second kappa shape index (κ2) is 8.10. The van der Waals surface area contributed by atoms with E-state index in [1.54, 1.807) is 12.4 Å². The summed E-state index contributed by atoms with van der Waals surface area (Å²) in [6.45, 7) is 6.88. The van der Waals surface area contributed by atoms with E-state index in [9.17, 15) is 0 Å². The first-order valence-corrected chi connectivity index (χ1v) is 7.59. The second-order valence-corrected chi connectivity index (χ2v) is 5.44. The molecule has 1 aliphatic rings. The van der Waals surface area contributed by atoms with E-state index >= 15 is 0 Å². The lowest BCUT2D eigenvalue weighted by Gasteiger charge is -2.26. The van der Waals surface area contributed by atoms with Crippen molar-refractivity contribution < 1.29 is 0 Å². The van der Waals surface area contributed by atoms with Crippen LogP contribution in [0.5, 0.6) is 0 Å². The average molecular weight is 262 g/mol. The van der Waals surface area contributed by atoms with E-state index < -0.39 is 0 Å². The number of nitrogens with zero attached hydrogens (tertiary/aromatic N) is 3. The number of rotatable bonds is 7. The molecule has 1 aliphatic heterocycles. The Balaban J connectivity index is 1.50. The van der Waals surface area contributed by atoms with Gasteiger partial charge in [0.2, 0.25) is 0 Å². The van der Waals surface area contributed by atoms with Crippen molar-refractivity contribution in [1.82, 2.24) is 14.9 Å². The third kappa shape index (κ3) is 5.55. The highest BCUT2D eigenvalue weighted by Gasteiger charge is 2.08. The second-order valence-electron chi connectivity index (χ2n) is 5.44. The van der Waals surface area contributed by atoms with Crippen LogP contribution in [0.1, 0.15) is 44.2 Å². The summed E-state index contributed by atoms with van der Waals surface area (Å²) in [5, 5.41) is 3.34. The summed E-state index contributed by atoms with van der Waals surface area (Å²) in [6, 6.07) is 0. The molecular weight excluding hydrogens is 236 g/mol. The fourth-order valence-corrected chi connectivity index (χ4v) is 2.59. The van der Waals surface area contributed by atoms with Gasteiger partial charge < -0.3 is 10.2 Å². The van der Waals surface area contributed by atoms with Gasteiger partial charge in [-0.25, -0.2) is 4.98 Å². The smallest absolute Gasteiger partial charge is 0.144 e. The topological polar surface area (TPSA) is 41.1 Å². The van der Waals surface area contributed by atoms with Crippen molar-refractivity contribution in [3.63, 3.8) is 0 Å². The maximum atomic E-state index is 4.38. The van der Waals surface area contributed by atoms with Crippen LogP contribution in [-0.4, -0.2) is 41.0 Å². The summed E-state index contributed by atoms with van der Waals surface area (Å²) in [4.78, 5) is 11.1. The van der Waals surface area contributed by atoms with Crippen molar-refractivity contribution in [3.05, 3.63) is 18.1 Å². The molecule has 0 aromatic carbocycles. The van der Waals surface area contributed by atoms with E-state index in [1.165, 1.54) is 58.2 Å². The first-order valence-electron chi connectivity index (χ1n) is 7.59. The van der Waals surface area contributed by atoms with Gasteiger partial charge in [0.25, 0.3) is 0 Å². The summed E-state index contributed by atoms with van der Waals surface area (Å²) in [7, 11) is 0. The minimum atomic E-state index is 0.899. The molecule has 1 fully saturated rings. The van der Waals surface area contributed by atoms with E-state index in [1.807, 2.05) is 6.92 Å². The Morgan fingerprint density at radius 1 is 1.11 bits per heavy atom. The molecule has 106 valence electrons. The highest BCUT2D eigenvalue weighted by Crippen LogP contribution is 2.10. The lowest BCUT2D eigenvalue weighted by Crippen LogP contribution is -2.30. The molecule has 1 aromatic rings. The van der Waals surface area contributed by atoms with Crippen molar-refractivity contribution in [3.8, 4) is 0 Å². The molecule has 0 bridgehead atoms. The quantitative estimate of drug-likeness (QED) is 0.767. The van der Waals surface area contributed by atoms with Crippen LogP contribution in [0.25, 0.3) is 0 Å². The van der Waals surface area contributed by atoms with Crippen molar-refractivity contribution in [2.45, 2.75) is 45.4 Å². The third-order valence-electron chi connectivity index (χ3n) is 3.66. The summed E-state index contributed by atoms with van der Waals surface area (Å²) in [5.41, 5.74) is 0.968. The summed E-state index contributed by atoms with van der Waals surface area (Å²) in [6.07, 6.45) is 11.6. The molecule has 4 heteroatoms. The molecule has 4 nitrogen and oxygen atoms in total. The summed E-state index contributed by atoms with van der Waals surface area (Å²) >= 11 is 0. The van der Waals surface area contributed by atoms with Crippen molar-refractivity contribution >= 4 is 5.82 Å². The molecule has 2 rings (SSSR count). The molecule has 1 N–H and O–H groups in total. The zero-order valence-corrected chi connectivity index (χ0v) is 12.1. The first kappa shape index (κ1) is 14.3. The van der Waals surface area contributed by atoms with Gasteiger partial charge >= 0.3 is 0 Å². The summed E-state index contributed by atoms with van der Waals surface area (Å²) in [5.74, 6) is 0.899. The summed E-state index contributed by atoms with van der Waals surface area (Å²) < 4.78 is 0. The first-order chi connectivity index (χ1) is 9.34. The van der Waals surface area contributed by atoms with Gasteiger partial charge in [0.05, 0.1) is 11.9 Å². The number of unbranched alkanes of at least 4 members (excludes halogenated alkanes) is 2. The molecule has 1 aromatic heterocycles. The van der Waals surface area contributed by atoms with Gasteiger partial charge in [-0.05, 0) is 52.2 Å². The van der Waals surface area contributed by atoms with Crippen LogP contribution in [0, 0.1) is 6.92 Å². The van der Waals surface area contributed by atoms with Crippen LogP contribution >= 0.6 is 0 Å². The molecule has 2 heterocycles. The number of aryl methyl sites for hydroxylation is 1. The minimum absolute atomic E-state index is 0.899. The largest absolute Gasteiger partial charge is 0.369 e. The number of hydrogen-bond acceptors (Lipinski definition) is 4. The molecule has 0 amide bonds. The molecule has 0 aliphatic carbocycles. The van der Waals surface area contributed by atoms with Gasteiger partial charge in [-0.1, -0.05) is 12.8 Å². The van der Waals surface area contributed by atoms with Gasteiger partial charge in [0, 0.05) is 12.7 Å². The van der Waals surface area contributed by atoms with E-state index in [0.29, 0.717) is 0 Å². The number of aromatic nitrogens is 2. The number of nitrogens with one attached hydrogen (secondary N) is 1. The molecule has 0 radical (unpaired) electrons. The van der Waals surface area contributed by atoms with Gasteiger partial charge in [0.1, 0.15) is 5.82 Å². The zero-order valence-electron chi connectivity index (χ0n) is 12.1. The highest BCUT2D eigenvalue weighted by molar-refractivity contribution is 5.31. The SMILES string of the molecule is Cc1cncc(NCCCCCN2CCCCC2)n1.